The summed E-state index contributed by atoms with van der Waals surface area (Å²) in [7, 11) is 0. The number of nitrogens with zero attached hydrogens (tertiary/aromatic N) is 2. The average Bonchev–Trinajstić information content (AvgIpc) is 2.92. The van der Waals surface area contributed by atoms with Crippen molar-refractivity contribution in [2.45, 2.75) is 13.1 Å². The Labute approximate surface area is 235 Å². The third-order valence-corrected chi connectivity index (χ3v) is 5.88. The maximum Gasteiger partial charge on any atom is 0.136 e. The van der Waals surface area contributed by atoms with Gasteiger partial charge in [0.25, 0.3) is 0 Å². The molecule has 0 aliphatic rings. The largest absolute Gasteiger partial charge is 0.399 e. The van der Waals surface area contributed by atoms with E-state index < -0.39 is 11.6 Å². The molecule has 0 aliphatic heterocycles. The van der Waals surface area contributed by atoms with Crippen LogP contribution in [0.3, 0.4) is 0 Å². The maximum absolute atomic E-state index is 13.8. The predicted octanol–water partition coefficient (Wildman–Crippen LogP) is 5.64. The van der Waals surface area contributed by atoms with Gasteiger partial charge in [-0.3, -0.25) is 15.8 Å². The lowest BCUT2D eigenvalue weighted by Gasteiger charge is -2.06. The van der Waals surface area contributed by atoms with Crippen LogP contribution in [0.15, 0.2) is 94.9 Å². The first-order valence-corrected chi connectivity index (χ1v) is 12.3. The SMILES string of the molecule is NC(=NCc1ccc(Cl)cc1)c1ccc(N)cc1F.NNc1ccc(C(N)=NCc2ccc(Cl)cc2)c(F)c1. The molecule has 0 aromatic heterocycles. The van der Waals surface area contributed by atoms with Crippen molar-refractivity contribution in [3.05, 3.63) is 129 Å². The van der Waals surface area contributed by atoms with Gasteiger partial charge in [0.05, 0.1) is 29.9 Å². The number of aliphatic imine (C=N–C) groups is 2. The summed E-state index contributed by atoms with van der Waals surface area (Å²) in [4.78, 5) is 8.33. The van der Waals surface area contributed by atoms with Gasteiger partial charge in [-0.15, -0.1) is 0 Å². The number of nitrogen functional groups attached to an aromatic ring is 2. The molecule has 0 radical (unpaired) electrons. The lowest BCUT2D eigenvalue weighted by Crippen LogP contribution is -2.16. The van der Waals surface area contributed by atoms with Gasteiger partial charge in [-0.25, -0.2) is 8.78 Å². The molecule has 4 aromatic rings. The fourth-order valence-corrected chi connectivity index (χ4v) is 3.51. The second kappa shape index (κ2) is 14.1. The molecule has 202 valence electrons. The first-order chi connectivity index (χ1) is 18.7. The van der Waals surface area contributed by atoms with Crippen LogP contribution in [0.2, 0.25) is 10.0 Å². The zero-order chi connectivity index (χ0) is 28.4. The summed E-state index contributed by atoms with van der Waals surface area (Å²) in [5, 5.41) is 1.31. The Morgan fingerprint density at radius 1 is 0.667 bits per heavy atom. The zero-order valence-corrected chi connectivity index (χ0v) is 22.2. The lowest BCUT2D eigenvalue weighted by atomic mass is 10.1. The topological polar surface area (TPSA) is 141 Å². The quantitative estimate of drug-likeness (QED) is 0.0644. The summed E-state index contributed by atoms with van der Waals surface area (Å²) in [5.41, 5.74) is 22.6. The van der Waals surface area contributed by atoms with Crippen LogP contribution in [-0.4, -0.2) is 11.7 Å². The Hall–Kier alpha value is -4.18. The molecule has 11 heteroatoms. The Morgan fingerprint density at radius 3 is 1.51 bits per heavy atom. The van der Waals surface area contributed by atoms with Crippen LogP contribution in [0.1, 0.15) is 22.3 Å². The number of anilines is 2. The van der Waals surface area contributed by atoms with Crippen LogP contribution >= 0.6 is 23.2 Å². The third kappa shape index (κ3) is 8.96. The number of hydrazine groups is 1. The van der Waals surface area contributed by atoms with E-state index in [0.717, 1.165) is 11.1 Å². The molecule has 0 amide bonds. The minimum atomic E-state index is -0.475. The standard InChI is InChI=1S/C14H14ClFN4.C14H13ClFN3/c15-10-3-1-9(2-4-10)8-19-14(17)12-6-5-11(20-18)7-13(12)16;15-10-3-1-9(2-4-10)8-19-14(18)12-6-5-11(17)7-13(12)16/h1-7,20H,8,18H2,(H2,17,19);1-7H,8,17H2,(H2,18,19). The van der Waals surface area contributed by atoms with Crippen molar-refractivity contribution in [1.82, 2.24) is 0 Å². The normalized spacial score (nSPS) is 11.5. The van der Waals surface area contributed by atoms with Crippen molar-refractivity contribution < 1.29 is 8.78 Å². The Balaban J connectivity index is 0.000000216. The van der Waals surface area contributed by atoms with E-state index in [4.69, 9.17) is 46.2 Å². The number of benzene rings is 4. The van der Waals surface area contributed by atoms with Crippen LogP contribution in [0.4, 0.5) is 20.2 Å². The van der Waals surface area contributed by atoms with Gasteiger partial charge in [0.1, 0.15) is 23.3 Å². The summed E-state index contributed by atoms with van der Waals surface area (Å²) in [6.45, 7) is 0.728. The Bertz CT molecular complexity index is 1460. The van der Waals surface area contributed by atoms with Gasteiger partial charge in [0.2, 0.25) is 0 Å². The number of nitrogens with two attached hydrogens (primary N) is 4. The van der Waals surface area contributed by atoms with Gasteiger partial charge in [-0.05, 0) is 71.8 Å². The highest BCUT2D eigenvalue weighted by molar-refractivity contribution is 6.30. The van der Waals surface area contributed by atoms with Crippen molar-refractivity contribution in [3.63, 3.8) is 0 Å². The fourth-order valence-electron chi connectivity index (χ4n) is 3.25. The molecule has 0 unspecified atom stereocenters. The molecule has 0 atom stereocenters. The van der Waals surface area contributed by atoms with E-state index in [1.54, 1.807) is 36.4 Å². The number of rotatable bonds is 7. The molecule has 0 fully saturated rings. The van der Waals surface area contributed by atoms with E-state index >= 15 is 0 Å². The monoisotopic (exact) mass is 569 g/mol. The van der Waals surface area contributed by atoms with Crippen LogP contribution < -0.4 is 28.5 Å². The number of hydrogen-bond acceptors (Lipinski definition) is 5. The van der Waals surface area contributed by atoms with Crippen LogP contribution in [0.5, 0.6) is 0 Å². The molecule has 0 saturated carbocycles. The van der Waals surface area contributed by atoms with Crippen LogP contribution in [-0.2, 0) is 13.1 Å². The van der Waals surface area contributed by atoms with E-state index in [0.29, 0.717) is 34.5 Å². The molecule has 7 nitrogen and oxygen atoms in total. The van der Waals surface area contributed by atoms with Gasteiger partial charge >= 0.3 is 0 Å². The minimum absolute atomic E-state index is 0.140. The molecule has 0 saturated heterocycles. The van der Waals surface area contributed by atoms with Crippen molar-refractivity contribution in [2.75, 3.05) is 11.2 Å². The second-order valence-electron chi connectivity index (χ2n) is 8.23. The van der Waals surface area contributed by atoms with Crippen LogP contribution in [0, 0.1) is 11.6 Å². The second-order valence-corrected chi connectivity index (χ2v) is 9.11. The minimum Gasteiger partial charge on any atom is -0.399 e. The van der Waals surface area contributed by atoms with E-state index in [-0.39, 0.29) is 22.8 Å². The van der Waals surface area contributed by atoms with E-state index in [1.807, 2.05) is 24.3 Å². The molecule has 0 heterocycles. The summed E-state index contributed by atoms with van der Waals surface area (Å²) in [5.74, 6) is 4.54. The summed E-state index contributed by atoms with van der Waals surface area (Å²) < 4.78 is 27.4. The zero-order valence-electron chi connectivity index (χ0n) is 20.7. The number of amidine groups is 2. The van der Waals surface area contributed by atoms with Crippen molar-refractivity contribution in [2.24, 2.45) is 27.3 Å². The number of halogens is 4. The smallest absolute Gasteiger partial charge is 0.136 e. The summed E-state index contributed by atoms with van der Waals surface area (Å²) in [6, 6.07) is 23.2. The molecule has 9 N–H and O–H groups in total. The molecule has 4 aromatic carbocycles. The van der Waals surface area contributed by atoms with Gasteiger partial charge in [-0.1, -0.05) is 47.5 Å². The van der Waals surface area contributed by atoms with Gasteiger partial charge in [0, 0.05) is 15.7 Å². The highest BCUT2D eigenvalue weighted by Crippen LogP contribution is 2.16. The van der Waals surface area contributed by atoms with E-state index in [9.17, 15) is 8.78 Å². The van der Waals surface area contributed by atoms with E-state index in [2.05, 4.69) is 15.4 Å². The van der Waals surface area contributed by atoms with Crippen molar-refractivity contribution in [1.29, 1.82) is 0 Å². The highest BCUT2D eigenvalue weighted by Gasteiger charge is 2.08. The number of nitrogens with one attached hydrogen (secondary N) is 1. The highest BCUT2D eigenvalue weighted by atomic mass is 35.5. The molecule has 39 heavy (non-hydrogen) atoms. The molecule has 0 aliphatic carbocycles. The average molecular weight is 570 g/mol. The summed E-state index contributed by atoms with van der Waals surface area (Å²) in [6.07, 6.45) is 0. The lowest BCUT2D eigenvalue weighted by molar-refractivity contribution is 0.625. The third-order valence-electron chi connectivity index (χ3n) is 5.37. The molecule has 4 rings (SSSR count). The number of hydrogen-bond donors (Lipinski definition) is 5. The van der Waals surface area contributed by atoms with Gasteiger partial charge in [-0.2, -0.15) is 0 Å². The fraction of sp³-hybridized carbons (Fsp3) is 0.0714. The van der Waals surface area contributed by atoms with Gasteiger partial charge < -0.3 is 22.6 Å². The molecule has 0 bridgehead atoms. The van der Waals surface area contributed by atoms with E-state index in [1.165, 1.54) is 24.3 Å². The predicted molar refractivity (Wildman–Crippen MR) is 157 cm³/mol. The van der Waals surface area contributed by atoms with Gasteiger partial charge in [0.15, 0.2) is 0 Å². The first-order valence-electron chi connectivity index (χ1n) is 11.6. The Morgan fingerprint density at radius 2 is 1.10 bits per heavy atom. The molecule has 0 spiro atoms. The Kier molecular flexibility index (Phi) is 10.6. The summed E-state index contributed by atoms with van der Waals surface area (Å²) >= 11 is 11.6. The van der Waals surface area contributed by atoms with Crippen LogP contribution in [0.25, 0.3) is 0 Å². The molecular formula is C28H27Cl2F2N7. The first kappa shape index (κ1) is 29.4. The maximum atomic E-state index is 13.8. The van der Waals surface area contributed by atoms with Crippen molar-refractivity contribution >= 4 is 46.2 Å². The van der Waals surface area contributed by atoms with Crippen molar-refractivity contribution in [3.8, 4) is 0 Å². The molecular weight excluding hydrogens is 543 g/mol.